The fourth-order valence-corrected chi connectivity index (χ4v) is 4.01. The van der Waals surface area contributed by atoms with Crippen LogP contribution in [-0.4, -0.2) is 22.3 Å². The third kappa shape index (κ3) is 4.11. The quantitative estimate of drug-likeness (QED) is 0.785. The lowest BCUT2D eigenvalue weighted by atomic mass is 9.91. The molecule has 1 aromatic heterocycles. The summed E-state index contributed by atoms with van der Waals surface area (Å²) in [7, 11) is 1.64. The number of thioether (sulfide) groups is 1. The number of rotatable bonds is 4. The van der Waals surface area contributed by atoms with Gasteiger partial charge in [0, 0.05) is 18.4 Å². The van der Waals surface area contributed by atoms with E-state index in [2.05, 4.69) is 16.9 Å². The zero-order valence-electron chi connectivity index (χ0n) is 10.9. The molecule has 100 valence electrons. The molecule has 0 amide bonds. The van der Waals surface area contributed by atoms with Crippen LogP contribution in [0.5, 0.6) is 0 Å². The summed E-state index contributed by atoms with van der Waals surface area (Å²) in [6.45, 7) is 2.74. The molecule has 1 fully saturated rings. The van der Waals surface area contributed by atoms with Gasteiger partial charge in [0.25, 0.3) is 0 Å². The van der Waals surface area contributed by atoms with Crippen LogP contribution < -0.4 is 0 Å². The van der Waals surface area contributed by atoms with Gasteiger partial charge in [0.15, 0.2) is 5.82 Å². The first-order chi connectivity index (χ1) is 8.67. The van der Waals surface area contributed by atoms with Crippen LogP contribution in [0.2, 0.25) is 5.15 Å². The van der Waals surface area contributed by atoms with Gasteiger partial charge < -0.3 is 4.74 Å². The summed E-state index contributed by atoms with van der Waals surface area (Å²) in [5, 5.41) is 2.14. The van der Waals surface area contributed by atoms with Crippen molar-refractivity contribution < 1.29 is 4.74 Å². The van der Waals surface area contributed by atoms with Crippen molar-refractivity contribution in [1.29, 1.82) is 0 Å². The molecule has 0 N–H and O–H groups in total. The largest absolute Gasteiger partial charge is 0.377 e. The second kappa shape index (κ2) is 6.73. The predicted octanol–water partition coefficient (Wildman–Crippen LogP) is 3.95. The van der Waals surface area contributed by atoms with Crippen LogP contribution in [0.4, 0.5) is 0 Å². The smallest absolute Gasteiger partial charge is 0.156 e. The first-order valence-corrected chi connectivity index (χ1v) is 7.62. The van der Waals surface area contributed by atoms with E-state index in [0.717, 1.165) is 10.9 Å². The second-order valence-electron chi connectivity index (χ2n) is 4.89. The molecule has 0 saturated heterocycles. The number of nitrogens with zero attached hydrogens (tertiary/aromatic N) is 2. The summed E-state index contributed by atoms with van der Waals surface area (Å²) in [6, 6.07) is 1.85. The van der Waals surface area contributed by atoms with Gasteiger partial charge in [0.2, 0.25) is 0 Å². The number of aromatic nitrogens is 2. The molecule has 0 radical (unpaired) electrons. The van der Waals surface area contributed by atoms with Crippen LogP contribution >= 0.6 is 23.4 Å². The fraction of sp³-hybridized carbons (Fsp3) is 0.692. The Morgan fingerprint density at radius 1 is 1.44 bits per heavy atom. The van der Waals surface area contributed by atoms with Gasteiger partial charge in [-0.2, -0.15) is 0 Å². The Hall–Kier alpha value is -0.320. The molecule has 0 spiro atoms. The van der Waals surface area contributed by atoms with Crippen LogP contribution in [0.25, 0.3) is 0 Å². The minimum atomic E-state index is 0.412. The van der Waals surface area contributed by atoms with Crippen molar-refractivity contribution >= 4 is 23.4 Å². The van der Waals surface area contributed by atoms with E-state index in [-0.39, 0.29) is 0 Å². The zero-order chi connectivity index (χ0) is 13.0. The molecular weight excluding hydrogens is 268 g/mol. The summed E-state index contributed by atoms with van der Waals surface area (Å²) in [5.41, 5.74) is 0. The van der Waals surface area contributed by atoms with E-state index in [1.54, 1.807) is 7.11 Å². The van der Waals surface area contributed by atoms with Gasteiger partial charge in [-0.05, 0) is 18.8 Å². The first-order valence-electron chi connectivity index (χ1n) is 6.36. The highest BCUT2D eigenvalue weighted by atomic mass is 35.5. The molecule has 2 rings (SSSR count). The average Bonchev–Trinajstić information content (AvgIpc) is 2.28. The minimum absolute atomic E-state index is 0.412. The molecule has 1 aliphatic rings. The first kappa shape index (κ1) is 14.1. The third-order valence-electron chi connectivity index (χ3n) is 3.17. The van der Waals surface area contributed by atoms with E-state index in [1.807, 2.05) is 17.8 Å². The van der Waals surface area contributed by atoms with Gasteiger partial charge >= 0.3 is 0 Å². The summed E-state index contributed by atoms with van der Waals surface area (Å²) in [5.74, 6) is 1.49. The second-order valence-corrected chi connectivity index (χ2v) is 6.60. The molecule has 1 aliphatic carbocycles. The number of hydrogen-bond acceptors (Lipinski definition) is 4. The molecule has 0 bridgehead atoms. The summed E-state index contributed by atoms with van der Waals surface area (Å²) < 4.78 is 5.05. The molecule has 1 heterocycles. The van der Waals surface area contributed by atoms with Crippen LogP contribution in [-0.2, 0) is 11.3 Å². The molecule has 3 nitrogen and oxygen atoms in total. The van der Waals surface area contributed by atoms with Crippen molar-refractivity contribution in [2.24, 2.45) is 5.92 Å². The van der Waals surface area contributed by atoms with E-state index in [1.165, 1.54) is 25.7 Å². The van der Waals surface area contributed by atoms with Crippen molar-refractivity contribution in [1.82, 2.24) is 9.97 Å². The maximum Gasteiger partial charge on any atom is 0.156 e. The number of halogens is 1. The maximum absolute atomic E-state index is 6.01. The van der Waals surface area contributed by atoms with Crippen LogP contribution in [0.1, 0.15) is 38.4 Å². The predicted molar refractivity (Wildman–Crippen MR) is 75.0 cm³/mol. The fourth-order valence-electron chi connectivity index (χ4n) is 2.35. The lowest BCUT2D eigenvalue weighted by Gasteiger charge is -2.25. The number of ether oxygens (including phenoxy) is 1. The van der Waals surface area contributed by atoms with Gasteiger partial charge in [-0.15, -0.1) is 11.8 Å². The molecule has 1 aromatic rings. The Morgan fingerprint density at radius 3 is 3.00 bits per heavy atom. The van der Waals surface area contributed by atoms with Gasteiger partial charge in [-0.25, -0.2) is 9.97 Å². The van der Waals surface area contributed by atoms with E-state index < -0.39 is 0 Å². The Kier molecular flexibility index (Phi) is 5.27. The Balaban J connectivity index is 2.03. The van der Waals surface area contributed by atoms with Gasteiger partial charge in [0.05, 0.1) is 0 Å². The van der Waals surface area contributed by atoms with Crippen molar-refractivity contribution in [2.45, 2.75) is 49.5 Å². The van der Waals surface area contributed by atoms with Gasteiger partial charge in [-0.3, -0.25) is 0 Å². The van der Waals surface area contributed by atoms with Crippen molar-refractivity contribution in [3.63, 3.8) is 0 Å². The molecule has 2 atom stereocenters. The summed E-state index contributed by atoms with van der Waals surface area (Å²) in [6.07, 6.45) is 5.22. The summed E-state index contributed by atoms with van der Waals surface area (Å²) >= 11 is 7.84. The average molecular weight is 287 g/mol. The van der Waals surface area contributed by atoms with E-state index >= 15 is 0 Å². The molecule has 18 heavy (non-hydrogen) atoms. The zero-order valence-corrected chi connectivity index (χ0v) is 12.4. The van der Waals surface area contributed by atoms with Crippen molar-refractivity contribution in [2.75, 3.05) is 7.11 Å². The maximum atomic E-state index is 6.01. The minimum Gasteiger partial charge on any atom is -0.377 e. The SMILES string of the molecule is COCc1nc(Cl)cc(SC2CCCC(C)C2)n1. The van der Waals surface area contributed by atoms with Crippen LogP contribution in [0.3, 0.4) is 0 Å². The molecule has 2 unspecified atom stereocenters. The highest BCUT2D eigenvalue weighted by Crippen LogP contribution is 2.35. The highest BCUT2D eigenvalue weighted by Gasteiger charge is 2.20. The van der Waals surface area contributed by atoms with Crippen LogP contribution in [0, 0.1) is 5.92 Å². The lowest BCUT2D eigenvalue weighted by Crippen LogP contribution is -2.15. The highest BCUT2D eigenvalue weighted by molar-refractivity contribution is 7.99. The van der Waals surface area contributed by atoms with Gasteiger partial charge in [0.1, 0.15) is 16.8 Å². The van der Waals surface area contributed by atoms with Crippen molar-refractivity contribution in [3.05, 3.63) is 17.0 Å². The third-order valence-corrected chi connectivity index (χ3v) is 4.57. The van der Waals surface area contributed by atoms with E-state index in [9.17, 15) is 0 Å². The Bertz CT molecular complexity index is 403. The Labute approximate surface area is 118 Å². The summed E-state index contributed by atoms with van der Waals surface area (Å²) in [4.78, 5) is 8.63. The molecular formula is C13H19ClN2OS. The normalized spacial score (nSPS) is 24.2. The van der Waals surface area contributed by atoms with Crippen molar-refractivity contribution in [3.8, 4) is 0 Å². The number of methoxy groups -OCH3 is 1. The standard InChI is InChI=1S/C13H19ClN2OS/c1-9-4-3-5-10(6-9)18-13-7-11(14)15-12(16-13)8-17-2/h7,9-10H,3-6,8H2,1-2H3. The molecule has 0 aromatic carbocycles. The van der Waals surface area contributed by atoms with E-state index in [0.29, 0.717) is 22.8 Å². The monoisotopic (exact) mass is 286 g/mol. The van der Waals surface area contributed by atoms with E-state index in [4.69, 9.17) is 16.3 Å². The molecule has 5 heteroatoms. The van der Waals surface area contributed by atoms with Gasteiger partial charge in [-0.1, -0.05) is 31.4 Å². The molecule has 1 saturated carbocycles. The molecule has 0 aliphatic heterocycles. The Morgan fingerprint density at radius 2 is 2.28 bits per heavy atom. The topological polar surface area (TPSA) is 35.0 Å². The number of hydrogen-bond donors (Lipinski definition) is 0. The lowest BCUT2D eigenvalue weighted by molar-refractivity contribution is 0.177. The van der Waals surface area contributed by atoms with Crippen LogP contribution in [0.15, 0.2) is 11.1 Å².